The van der Waals surface area contributed by atoms with Crippen LogP contribution in [0.15, 0.2) is 24.4 Å². The van der Waals surface area contributed by atoms with Crippen LogP contribution in [0.5, 0.6) is 0 Å². The van der Waals surface area contributed by atoms with Gasteiger partial charge >= 0.3 is 0 Å². The van der Waals surface area contributed by atoms with E-state index in [4.69, 9.17) is 0 Å². The Morgan fingerprint density at radius 2 is 2.11 bits per heavy atom. The number of anilines is 3. The molecular weight excluding hydrogens is 346 g/mol. The molecule has 0 saturated carbocycles. The molecule has 4 nitrogen and oxygen atoms in total. The zero-order valence-corrected chi connectivity index (χ0v) is 12.1. The molecule has 6 heteroatoms. The lowest BCUT2D eigenvalue weighted by Crippen LogP contribution is -2.03. The van der Waals surface area contributed by atoms with E-state index in [0.717, 1.165) is 14.8 Å². The monoisotopic (exact) mass is 358 g/mol. The molecule has 2 N–H and O–H groups in total. The number of hydrogen-bond acceptors (Lipinski definition) is 4. The van der Waals surface area contributed by atoms with Crippen LogP contribution in [-0.4, -0.2) is 17.0 Å². The number of aryl methyl sites for hydroxylation is 1. The van der Waals surface area contributed by atoms with Crippen LogP contribution in [-0.2, 0) is 0 Å². The van der Waals surface area contributed by atoms with Crippen molar-refractivity contribution >= 4 is 40.0 Å². The van der Waals surface area contributed by atoms with E-state index < -0.39 is 0 Å². The van der Waals surface area contributed by atoms with Gasteiger partial charge in [-0.05, 0) is 47.7 Å². The van der Waals surface area contributed by atoms with Gasteiger partial charge in [-0.2, -0.15) is 4.98 Å². The Morgan fingerprint density at radius 3 is 2.78 bits per heavy atom. The molecule has 0 aliphatic heterocycles. The van der Waals surface area contributed by atoms with Gasteiger partial charge in [0.15, 0.2) is 0 Å². The molecule has 0 fully saturated rings. The van der Waals surface area contributed by atoms with E-state index in [0.29, 0.717) is 11.8 Å². The van der Waals surface area contributed by atoms with E-state index in [2.05, 4.69) is 43.2 Å². The Bertz CT molecular complexity index is 574. The van der Waals surface area contributed by atoms with E-state index >= 15 is 0 Å². The molecule has 0 spiro atoms. The van der Waals surface area contributed by atoms with E-state index in [-0.39, 0.29) is 5.82 Å². The van der Waals surface area contributed by atoms with Gasteiger partial charge in [-0.25, -0.2) is 9.37 Å². The quantitative estimate of drug-likeness (QED) is 0.827. The predicted octanol–water partition coefficient (Wildman–Crippen LogP) is 3.31. The highest BCUT2D eigenvalue weighted by Gasteiger charge is 2.06. The summed E-state index contributed by atoms with van der Waals surface area (Å²) in [5, 5.41) is 6.06. The predicted molar refractivity (Wildman–Crippen MR) is 78.7 cm³/mol. The van der Waals surface area contributed by atoms with Gasteiger partial charge in [0.05, 0.1) is 5.69 Å². The van der Waals surface area contributed by atoms with Gasteiger partial charge in [0.1, 0.15) is 11.6 Å². The molecule has 0 atom stereocenters. The Labute approximate surface area is 118 Å². The van der Waals surface area contributed by atoms with E-state index in [1.165, 1.54) is 12.1 Å². The molecule has 0 bridgehead atoms. The first-order valence-electron chi connectivity index (χ1n) is 5.33. The largest absolute Gasteiger partial charge is 0.357 e. The number of nitrogens with one attached hydrogen (secondary N) is 2. The van der Waals surface area contributed by atoms with Gasteiger partial charge in [0, 0.05) is 22.4 Å². The SMILES string of the molecule is CNc1ncc(C)c(Nc2ccc(F)cc2I)n1. The molecule has 2 rings (SSSR count). The maximum absolute atomic E-state index is 13.0. The fourth-order valence-electron chi connectivity index (χ4n) is 1.41. The van der Waals surface area contributed by atoms with Crippen LogP contribution in [0, 0.1) is 16.3 Å². The van der Waals surface area contributed by atoms with Crippen LogP contribution in [0.1, 0.15) is 5.56 Å². The van der Waals surface area contributed by atoms with Crippen LogP contribution in [0.25, 0.3) is 0 Å². The van der Waals surface area contributed by atoms with Gasteiger partial charge in [-0.3, -0.25) is 0 Å². The minimum Gasteiger partial charge on any atom is -0.357 e. The van der Waals surface area contributed by atoms with E-state index in [1.807, 2.05) is 6.92 Å². The summed E-state index contributed by atoms with van der Waals surface area (Å²) in [5.74, 6) is 0.999. The fourth-order valence-corrected chi connectivity index (χ4v) is 2.02. The molecule has 0 saturated heterocycles. The van der Waals surface area contributed by atoms with Crippen molar-refractivity contribution in [1.29, 1.82) is 0 Å². The van der Waals surface area contributed by atoms with Gasteiger partial charge in [0.2, 0.25) is 5.95 Å². The molecule has 0 aliphatic rings. The normalized spacial score (nSPS) is 10.2. The Kier molecular flexibility index (Phi) is 3.95. The van der Waals surface area contributed by atoms with Gasteiger partial charge in [-0.15, -0.1) is 0 Å². The minimum absolute atomic E-state index is 0.250. The number of benzene rings is 1. The van der Waals surface area contributed by atoms with E-state index in [9.17, 15) is 4.39 Å². The fraction of sp³-hybridized carbons (Fsp3) is 0.167. The molecule has 0 unspecified atom stereocenters. The molecular formula is C12H12FIN4. The molecule has 0 radical (unpaired) electrons. The summed E-state index contributed by atoms with van der Waals surface area (Å²) in [6, 6.07) is 4.58. The third kappa shape index (κ3) is 2.87. The molecule has 2 aromatic rings. The van der Waals surface area contributed by atoms with Crippen molar-refractivity contribution in [3.05, 3.63) is 39.3 Å². The standard InChI is InChI=1S/C12H12FIN4/c1-7-6-16-12(15-2)18-11(7)17-10-4-3-8(13)5-9(10)14/h3-6H,1-2H3,(H2,15,16,17,18). The number of halogens is 2. The smallest absolute Gasteiger partial charge is 0.224 e. The zero-order chi connectivity index (χ0) is 13.1. The number of rotatable bonds is 3. The highest BCUT2D eigenvalue weighted by molar-refractivity contribution is 14.1. The van der Waals surface area contributed by atoms with Crippen LogP contribution < -0.4 is 10.6 Å². The third-order valence-electron chi connectivity index (χ3n) is 2.38. The van der Waals surface area contributed by atoms with Gasteiger partial charge in [0.25, 0.3) is 0 Å². The summed E-state index contributed by atoms with van der Waals surface area (Å²) in [7, 11) is 1.76. The molecule has 0 amide bonds. The van der Waals surface area contributed by atoms with Crippen molar-refractivity contribution < 1.29 is 4.39 Å². The van der Waals surface area contributed by atoms with Crippen LogP contribution in [0.2, 0.25) is 0 Å². The molecule has 0 aliphatic carbocycles. The lowest BCUT2D eigenvalue weighted by atomic mass is 10.3. The van der Waals surface area contributed by atoms with Gasteiger partial charge in [-0.1, -0.05) is 0 Å². The number of hydrogen-bond donors (Lipinski definition) is 2. The zero-order valence-electron chi connectivity index (χ0n) is 9.96. The summed E-state index contributed by atoms with van der Waals surface area (Å²) in [6.45, 7) is 1.91. The van der Waals surface area contributed by atoms with Crippen LogP contribution in [0.4, 0.5) is 21.8 Å². The third-order valence-corrected chi connectivity index (χ3v) is 3.27. The van der Waals surface area contributed by atoms with E-state index in [1.54, 1.807) is 19.3 Å². The highest BCUT2D eigenvalue weighted by atomic mass is 127. The lowest BCUT2D eigenvalue weighted by Gasteiger charge is -2.11. The molecule has 18 heavy (non-hydrogen) atoms. The lowest BCUT2D eigenvalue weighted by molar-refractivity contribution is 0.627. The molecule has 1 aromatic carbocycles. The first-order valence-corrected chi connectivity index (χ1v) is 6.41. The summed E-state index contributed by atoms with van der Waals surface area (Å²) in [5.41, 5.74) is 1.75. The topological polar surface area (TPSA) is 49.8 Å². The number of aromatic nitrogens is 2. The summed E-state index contributed by atoms with van der Waals surface area (Å²) in [4.78, 5) is 8.43. The Morgan fingerprint density at radius 1 is 1.33 bits per heavy atom. The van der Waals surface area contributed by atoms with Crippen molar-refractivity contribution in [1.82, 2.24) is 9.97 Å². The average Bonchev–Trinajstić information content (AvgIpc) is 2.35. The molecule has 1 heterocycles. The molecule has 1 aromatic heterocycles. The Hall–Kier alpha value is -1.44. The second-order valence-electron chi connectivity index (χ2n) is 3.72. The van der Waals surface area contributed by atoms with Crippen LogP contribution >= 0.6 is 22.6 Å². The average molecular weight is 358 g/mol. The van der Waals surface area contributed by atoms with Crippen molar-refractivity contribution in [2.45, 2.75) is 6.92 Å². The van der Waals surface area contributed by atoms with Gasteiger partial charge < -0.3 is 10.6 Å². The van der Waals surface area contributed by atoms with Crippen molar-refractivity contribution in [3.8, 4) is 0 Å². The highest BCUT2D eigenvalue weighted by Crippen LogP contribution is 2.24. The Balaban J connectivity index is 2.33. The van der Waals surface area contributed by atoms with Crippen molar-refractivity contribution in [2.24, 2.45) is 0 Å². The molecule has 94 valence electrons. The van der Waals surface area contributed by atoms with Crippen molar-refractivity contribution in [2.75, 3.05) is 17.7 Å². The number of nitrogens with zero attached hydrogens (tertiary/aromatic N) is 2. The second kappa shape index (κ2) is 5.47. The summed E-state index contributed by atoms with van der Waals surface area (Å²) in [6.07, 6.45) is 1.73. The minimum atomic E-state index is -0.250. The maximum Gasteiger partial charge on any atom is 0.224 e. The van der Waals surface area contributed by atoms with Crippen molar-refractivity contribution in [3.63, 3.8) is 0 Å². The maximum atomic E-state index is 13.0. The first-order chi connectivity index (χ1) is 8.60. The summed E-state index contributed by atoms with van der Waals surface area (Å²) < 4.78 is 13.8. The van der Waals surface area contributed by atoms with Crippen LogP contribution in [0.3, 0.4) is 0 Å². The second-order valence-corrected chi connectivity index (χ2v) is 4.89. The first kappa shape index (κ1) is 13.0. The summed E-state index contributed by atoms with van der Waals surface area (Å²) >= 11 is 2.08.